The standard InChI is InChI=1S/2C28H34N4O5/c2*1-29-28(34)23-17-27(33)32(24-16-21(35-2)4-5-22(23)24)12-11-31-9-7-20(8-10-31)30-18-19-3-6-25-26(15-19)37-14-13-36-25/h2*3-6,15-17,20,30H,7-14,18H2,1-2H3,(H,29,34). The van der Waals surface area contributed by atoms with Crippen molar-refractivity contribution in [2.75, 3.05) is 94.0 Å². The molecule has 0 spiro atoms. The third-order valence-electron chi connectivity index (χ3n) is 14.4. The predicted molar refractivity (Wildman–Crippen MR) is 284 cm³/mol. The third kappa shape index (κ3) is 12.3. The normalized spacial score (nSPS) is 16.1. The molecule has 0 saturated carbocycles. The predicted octanol–water partition coefficient (Wildman–Crippen LogP) is 4.79. The lowest BCUT2D eigenvalue weighted by Gasteiger charge is -2.32. The van der Waals surface area contributed by atoms with Gasteiger partial charge < -0.3 is 68.6 Å². The number of carbonyl (C=O) groups excluding carboxylic acids is 2. The number of nitrogens with zero attached hydrogens (tertiary/aromatic N) is 4. The largest absolute Gasteiger partial charge is 0.497 e. The molecule has 6 aromatic rings. The molecule has 0 bridgehead atoms. The van der Waals surface area contributed by atoms with Crippen molar-refractivity contribution < 1.29 is 38.0 Å². The van der Waals surface area contributed by atoms with E-state index >= 15 is 0 Å². The first-order valence-corrected chi connectivity index (χ1v) is 25.7. The van der Waals surface area contributed by atoms with Crippen LogP contribution >= 0.6 is 0 Å². The van der Waals surface area contributed by atoms with Gasteiger partial charge in [-0.1, -0.05) is 12.1 Å². The number of hydrogen-bond acceptors (Lipinski definition) is 14. The summed E-state index contributed by atoms with van der Waals surface area (Å²) in [5.74, 6) is 4.04. The Morgan fingerprint density at radius 1 is 0.514 bits per heavy atom. The zero-order valence-electron chi connectivity index (χ0n) is 42.8. The Hall–Kier alpha value is -7.12. The second kappa shape index (κ2) is 24.3. The number of nitrogens with one attached hydrogen (secondary N) is 4. The molecule has 2 aromatic heterocycles. The van der Waals surface area contributed by atoms with E-state index in [9.17, 15) is 19.2 Å². The van der Waals surface area contributed by atoms with E-state index in [4.69, 9.17) is 28.4 Å². The van der Waals surface area contributed by atoms with Crippen LogP contribution in [0, 0.1) is 0 Å². The monoisotopic (exact) mass is 1010 g/mol. The first kappa shape index (κ1) is 51.8. The molecule has 2 amide bonds. The van der Waals surface area contributed by atoms with Gasteiger partial charge in [0, 0.05) is 100 Å². The van der Waals surface area contributed by atoms with Crippen LogP contribution in [0.1, 0.15) is 57.5 Å². The van der Waals surface area contributed by atoms with E-state index in [-0.39, 0.29) is 22.9 Å². The molecule has 18 heteroatoms. The van der Waals surface area contributed by atoms with Crippen LogP contribution in [0.4, 0.5) is 0 Å². The number of piperidine rings is 2. The molecule has 6 heterocycles. The van der Waals surface area contributed by atoms with Crippen LogP contribution in [0.25, 0.3) is 21.8 Å². The maximum atomic E-state index is 13.0. The molecule has 74 heavy (non-hydrogen) atoms. The molecule has 2 saturated heterocycles. The average molecular weight is 1010 g/mol. The second-order valence-corrected chi connectivity index (χ2v) is 19.0. The number of carbonyl (C=O) groups is 2. The Kier molecular flexibility index (Phi) is 17.0. The first-order chi connectivity index (χ1) is 36.1. The van der Waals surface area contributed by atoms with E-state index in [2.05, 4.69) is 55.3 Å². The summed E-state index contributed by atoms with van der Waals surface area (Å²) >= 11 is 0. The van der Waals surface area contributed by atoms with E-state index < -0.39 is 0 Å². The lowest BCUT2D eigenvalue weighted by atomic mass is 10.0. The molecule has 4 aliphatic rings. The molecule has 18 nitrogen and oxygen atoms in total. The number of likely N-dealkylation sites (tertiary alicyclic amines) is 2. The Bertz CT molecular complexity index is 2870. The molecule has 0 atom stereocenters. The van der Waals surface area contributed by atoms with Crippen molar-refractivity contribution in [2.45, 2.75) is 63.9 Å². The van der Waals surface area contributed by atoms with Gasteiger partial charge in [0.05, 0.1) is 36.4 Å². The first-order valence-electron chi connectivity index (χ1n) is 25.7. The molecule has 4 aliphatic heterocycles. The van der Waals surface area contributed by atoms with E-state index in [0.717, 1.165) is 112 Å². The number of rotatable bonds is 16. The molecule has 4 N–H and O–H groups in total. The summed E-state index contributed by atoms with van der Waals surface area (Å²) in [6, 6.07) is 27.0. The fraction of sp³-hybridized carbons (Fsp3) is 0.429. The van der Waals surface area contributed by atoms with E-state index in [0.29, 0.717) is 85.3 Å². The van der Waals surface area contributed by atoms with Crippen molar-refractivity contribution in [1.82, 2.24) is 40.2 Å². The summed E-state index contributed by atoms with van der Waals surface area (Å²) < 4.78 is 36.9. The van der Waals surface area contributed by atoms with Gasteiger partial charge in [0.25, 0.3) is 22.9 Å². The maximum Gasteiger partial charge on any atom is 0.251 e. The summed E-state index contributed by atoms with van der Waals surface area (Å²) in [4.78, 5) is 55.5. The highest BCUT2D eigenvalue weighted by atomic mass is 16.6. The fourth-order valence-electron chi connectivity index (χ4n) is 10.2. The minimum absolute atomic E-state index is 0.185. The second-order valence-electron chi connectivity index (χ2n) is 19.0. The minimum Gasteiger partial charge on any atom is -0.497 e. The van der Waals surface area contributed by atoms with Gasteiger partial charge in [0.15, 0.2) is 23.0 Å². The van der Waals surface area contributed by atoms with Crippen LogP contribution in [0.15, 0.2) is 94.5 Å². The van der Waals surface area contributed by atoms with Gasteiger partial charge in [0.2, 0.25) is 0 Å². The van der Waals surface area contributed by atoms with Crippen molar-refractivity contribution in [3.8, 4) is 34.5 Å². The van der Waals surface area contributed by atoms with Crippen molar-refractivity contribution in [2.24, 2.45) is 0 Å². The van der Waals surface area contributed by atoms with E-state index in [1.807, 2.05) is 48.5 Å². The Morgan fingerprint density at radius 3 is 1.28 bits per heavy atom. The Labute approximate surface area is 430 Å². The molecule has 0 aliphatic carbocycles. The van der Waals surface area contributed by atoms with Crippen molar-refractivity contribution in [1.29, 1.82) is 0 Å². The molecule has 0 unspecified atom stereocenters. The van der Waals surface area contributed by atoms with Gasteiger partial charge in [-0.05, 0) is 112 Å². The molecular weight excluding hydrogens is 945 g/mol. The van der Waals surface area contributed by atoms with Crippen LogP contribution in [-0.2, 0) is 26.2 Å². The highest BCUT2D eigenvalue weighted by molar-refractivity contribution is 6.07. The quantitative estimate of drug-likeness (QED) is 0.104. The van der Waals surface area contributed by atoms with Gasteiger partial charge in [-0.25, -0.2) is 0 Å². The SMILES string of the molecule is CNC(=O)c1cc(=O)n(CCN2CCC(NCc3ccc4c(c3)OCCO4)CC2)c2cc(OC)ccc12.CNC(=O)c1cc(=O)n(CCN2CCC(NCc3ccc4c(c3)OCCO4)CC2)c2cc(OC)ccc12. The summed E-state index contributed by atoms with van der Waals surface area (Å²) in [5, 5.41) is 14.1. The topological polar surface area (TPSA) is 188 Å². The van der Waals surface area contributed by atoms with Gasteiger partial charge in [-0.3, -0.25) is 19.2 Å². The van der Waals surface area contributed by atoms with Crippen molar-refractivity contribution in [3.63, 3.8) is 0 Å². The zero-order chi connectivity index (χ0) is 51.6. The highest BCUT2D eigenvalue weighted by Crippen LogP contribution is 2.32. The molecular formula is C56H68N8O10. The van der Waals surface area contributed by atoms with Gasteiger partial charge in [0.1, 0.15) is 37.9 Å². The van der Waals surface area contributed by atoms with E-state index in [1.54, 1.807) is 37.4 Å². The number of hydrogen-bond donors (Lipinski definition) is 4. The number of amides is 2. The number of ether oxygens (including phenoxy) is 6. The van der Waals surface area contributed by atoms with Gasteiger partial charge >= 0.3 is 0 Å². The Morgan fingerprint density at radius 2 is 0.905 bits per heavy atom. The molecule has 2 fully saturated rings. The number of fused-ring (bicyclic) bond motifs is 4. The summed E-state index contributed by atoms with van der Waals surface area (Å²) in [6.45, 7) is 10.5. The van der Waals surface area contributed by atoms with Crippen molar-refractivity contribution in [3.05, 3.63) is 128 Å². The van der Waals surface area contributed by atoms with Gasteiger partial charge in [-0.2, -0.15) is 0 Å². The third-order valence-corrected chi connectivity index (χ3v) is 14.4. The van der Waals surface area contributed by atoms with Crippen LogP contribution < -0.4 is 60.8 Å². The van der Waals surface area contributed by atoms with Crippen LogP contribution in [-0.4, -0.2) is 137 Å². The summed E-state index contributed by atoms with van der Waals surface area (Å²) in [5.41, 5.74) is 4.19. The lowest BCUT2D eigenvalue weighted by Crippen LogP contribution is -2.43. The molecule has 10 rings (SSSR count). The Balaban J connectivity index is 0.000000182. The molecule has 4 aromatic carbocycles. The number of benzene rings is 4. The summed E-state index contributed by atoms with van der Waals surface area (Å²) in [6.07, 6.45) is 4.18. The average Bonchev–Trinajstić information content (AvgIpc) is 3.46. The minimum atomic E-state index is -0.273. The van der Waals surface area contributed by atoms with Crippen LogP contribution in [0.2, 0.25) is 0 Å². The number of aromatic nitrogens is 2. The fourth-order valence-corrected chi connectivity index (χ4v) is 10.2. The van der Waals surface area contributed by atoms with Gasteiger partial charge in [-0.15, -0.1) is 0 Å². The summed E-state index contributed by atoms with van der Waals surface area (Å²) in [7, 11) is 6.33. The smallest absolute Gasteiger partial charge is 0.251 e. The number of pyridine rings is 2. The van der Waals surface area contributed by atoms with E-state index in [1.165, 1.54) is 23.3 Å². The number of methoxy groups -OCH3 is 2. The van der Waals surface area contributed by atoms with Crippen LogP contribution in [0.3, 0.4) is 0 Å². The highest BCUT2D eigenvalue weighted by Gasteiger charge is 2.23. The molecule has 0 radical (unpaired) electrons. The molecule has 392 valence electrons. The maximum absolute atomic E-state index is 13.0. The van der Waals surface area contributed by atoms with Crippen LogP contribution in [0.5, 0.6) is 34.5 Å². The van der Waals surface area contributed by atoms with Crippen molar-refractivity contribution >= 4 is 33.6 Å². The zero-order valence-corrected chi connectivity index (χ0v) is 42.8. The lowest BCUT2D eigenvalue weighted by molar-refractivity contribution is 0.0956.